The second kappa shape index (κ2) is 9.29. The Morgan fingerprint density at radius 3 is 2.16 bits per heavy atom. The molecule has 0 fully saturated rings. The van der Waals surface area contributed by atoms with E-state index in [2.05, 4.69) is 9.72 Å². The van der Waals surface area contributed by atoms with Gasteiger partial charge in [0.15, 0.2) is 0 Å². The van der Waals surface area contributed by atoms with Gasteiger partial charge in [0.05, 0.1) is 12.0 Å². The molecule has 3 rings (SSSR count). The Balaban J connectivity index is 0.000000451. The van der Waals surface area contributed by atoms with E-state index in [4.69, 9.17) is 20.1 Å². The predicted molar refractivity (Wildman–Crippen MR) is 96.9 cm³/mol. The number of anilines is 1. The van der Waals surface area contributed by atoms with Crippen molar-refractivity contribution in [3.05, 3.63) is 54.3 Å². The number of nitriles is 1. The van der Waals surface area contributed by atoms with Gasteiger partial charge in [0, 0.05) is 11.1 Å². The zero-order chi connectivity index (χ0) is 24.1. The summed E-state index contributed by atoms with van der Waals surface area (Å²) in [4.78, 5) is 13.0. The van der Waals surface area contributed by atoms with E-state index in [9.17, 15) is 31.6 Å². The number of pyridine rings is 1. The normalized spacial score (nSPS) is 11.2. The number of aromatic nitrogens is 1. The molecule has 168 valence electrons. The number of rotatable bonds is 3. The standard InChI is InChI=1S/C17H10F3N3O2.C2HF3O2/c18-17(19,20)25-11-5-3-10(4-6-11)14-8-12(15-2-1-7-24-15)13(9-21)16(22)23-14;3-2(4,5)1(6)7/h1-8H,(H2,22,23);(H,6,7). The van der Waals surface area contributed by atoms with Crippen molar-refractivity contribution in [3.8, 4) is 34.4 Å². The number of carboxylic acid groups (broad SMARTS) is 1. The van der Waals surface area contributed by atoms with E-state index in [1.165, 1.54) is 30.5 Å². The molecule has 3 aromatic rings. The molecule has 1 aromatic carbocycles. The highest BCUT2D eigenvalue weighted by atomic mass is 19.4. The number of carboxylic acids is 1. The molecule has 0 amide bonds. The van der Waals surface area contributed by atoms with Crippen LogP contribution in [0.2, 0.25) is 0 Å². The summed E-state index contributed by atoms with van der Waals surface area (Å²) in [6.45, 7) is 0. The summed E-state index contributed by atoms with van der Waals surface area (Å²) in [5.41, 5.74) is 7.36. The van der Waals surface area contributed by atoms with Crippen molar-refractivity contribution in [1.29, 1.82) is 5.26 Å². The summed E-state index contributed by atoms with van der Waals surface area (Å²) >= 11 is 0. The molecule has 0 atom stereocenters. The first-order valence-corrected chi connectivity index (χ1v) is 8.22. The molecule has 0 saturated carbocycles. The Morgan fingerprint density at radius 2 is 1.72 bits per heavy atom. The van der Waals surface area contributed by atoms with Crippen molar-refractivity contribution in [2.45, 2.75) is 12.5 Å². The highest BCUT2D eigenvalue weighted by molar-refractivity contribution is 5.78. The van der Waals surface area contributed by atoms with E-state index in [-0.39, 0.29) is 17.1 Å². The lowest BCUT2D eigenvalue weighted by molar-refractivity contribution is -0.274. The van der Waals surface area contributed by atoms with Gasteiger partial charge >= 0.3 is 18.5 Å². The first kappa shape index (κ1) is 24.1. The Kier molecular flexibility index (Phi) is 6.99. The SMILES string of the molecule is N#Cc1c(-c2ccco2)cc(-c2ccc(OC(F)(F)F)cc2)nc1N.O=C(O)C(F)(F)F. The maximum absolute atomic E-state index is 12.2. The highest BCUT2D eigenvalue weighted by Gasteiger charge is 2.38. The van der Waals surface area contributed by atoms with Gasteiger partial charge in [0.2, 0.25) is 0 Å². The minimum absolute atomic E-state index is 0.00187. The van der Waals surface area contributed by atoms with Crippen molar-refractivity contribution in [1.82, 2.24) is 4.98 Å². The lowest BCUT2D eigenvalue weighted by Gasteiger charge is -2.10. The molecule has 0 aliphatic rings. The second-order valence-electron chi connectivity index (χ2n) is 5.78. The van der Waals surface area contributed by atoms with Crippen molar-refractivity contribution < 1.29 is 45.4 Å². The smallest absolute Gasteiger partial charge is 0.475 e. The zero-order valence-corrected chi connectivity index (χ0v) is 15.5. The van der Waals surface area contributed by atoms with E-state index in [1.54, 1.807) is 18.2 Å². The van der Waals surface area contributed by atoms with Gasteiger partial charge in [-0.25, -0.2) is 9.78 Å². The molecule has 13 heteroatoms. The third-order valence-corrected chi connectivity index (χ3v) is 3.57. The fourth-order valence-electron chi connectivity index (χ4n) is 2.28. The molecule has 7 nitrogen and oxygen atoms in total. The van der Waals surface area contributed by atoms with E-state index in [1.807, 2.05) is 6.07 Å². The first-order chi connectivity index (χ1) is 14.8. The molecule has 2 heterocycles. The Labute approximate surface area is 175 Å². The van der Waals surface area contributed by atoms with Crippen molar-refractivity contribution in [3.63, 3.8) is 0 Å². The number of nitrogens with two attached hydrogens (primary N) is 1. The van der Waals surface area contributed by atoms with Gasteiger partial charge in [-0.15, -0.1) is 13.2 Å². The Bertz CT molecular complexity index is 1120. The zero-order valence-electron chi connectivity index (χ0n) is 15.5. The number of nitrogens with zero attached hydrogens (tertiary/aromatic N) is 2. The lowest BCUT2D eigenvalue weighted by Crippen LogP contribution is -2.21. The monoisotopic (exact) mass is 459 g/mol. The first-order valence-electron chi connectivity index (χ1n) is 8.22. The highest BCUT2D eigenvalue weighted by Crippen LogP contribution is 2.32. The summed E-state index contributed by atoms with van der Waals surface area (Å²) in [6.07, 6.45) is -8.39. The van der Waals surface area contributed by atoms with Gasteiger partial charge in [-0.2, -0.15) is 18.4 Å². The maximum atomic E-state index is 12.2. The Hall–Kier alpha value is -4.21. The third kappa shape index (κ3) is 6.39. The molecular formula is C19H11F6N3O4. The van der Waals surface area contributed by atoms with Gasteiger partial charge < -0.3 is 20.0 Å². The Morgan fingerprint density at radius 1 is 1.12 bits per heavy atom. The number of furan rings is 1. The fourth-order valence-corrected chi connectivity index (χ4v) is 2.28. The van der Waals surface area contributed by atoms with Crippen LogP contribution in [0, 0.1) is 11.3 Å². The second-order valence-corrected chi connectivity index (χ2v) is 5.78. The van der Waals surface area contributed by atoms with Gasteiger partial charge in [0.25, 0.3) is 0 Å². The van der Waals surface area contributed by atoms with E-state index < -0.39 is 18.5 Å². The molecule has 32 heavy (non-hydrogen) atoms. The number of aliphatic carboxylic acids is 1. The molecule has 3 N–H and O–H groups in total. The summed E-state index contributed by atoms with van der Waals surface area (Å²) in [7, 11) is 0. The number of benzene rings is 1. The number of halogens is 6. The average molecular weight is 459 g/mol. The number of nitrogen functional groups attached to an aromatic ring is 1. The van der Waals surface area contributed by atoms with Crippen LogP contribution in [0.4, 0.5) is 32.2 Å². The van der Waals surface area contributed by atoms with Crippen molar-refractivity contribution in [2.75, 3.05) is 5.73 Å². The molecule has 2 aromatic heterocycles. The average Bonchev–Trinajstić information content (AvgIpc) is 3.21. The van der Waals surface area contributed by atoms with Crippen LogP contribution in [0.3, 0.4) is 0 Å². The van der Waals surface area contributed by atoms with E-state index >= 15 is 0 Å². The molecule has 0 unspecified atom stereocenters. The maximum Gasteiger partial charge on any atom is 0.573 e. The van der Waals surface area contributed by atoms with Crippen LogP contribution in [0.25, 0.3) is 22.6 Å². The van der Waals surface area contributed by atoms with Crippen molar-refractivity contribution >= 4 is 11.8 Å². The molecule has 0 saturated heterocycles. The van der Waals surface area contributed by atoms with Crippen LogP contribution in [-0.2, 0) is 4.79 Å². The molecule has 0 bridgehead atoms. The van der Waals surface area contributed by atoms with Crippen LogP contribution in [0.15, 0.2) is 53.1 Å². The van der Waals surface area contributed by atoms with Crippen LogP contribution >= 0.6 is 0 Å². The van der Waals surface area contributed by atoms with Gasteiger partial charge in [-0.05, 0) is 42.5 Å². The summed E-state index contributed by atoms with van der Waals surface area (Å²) in [5.74, 6) is -2.66. The van der Waals surface area contributed by atoms with Gasteiger partial charge in [-0.1, -0.05) is 0 Å². The van der Waals surface area contributed by atoms with Gasteiger partial charge in [-0.3, -0.25) is 0 Å². The minimum Gasteiger partial charge on any atom is -0.475 e. The molecular weight excluding hydrogens is 448 g/mol. The molecule has 0 radical (unpaired) electrons. The minimum atomic E-state index is -5.08. The topological polar surface area (TPSA) is 122 Å². The summed E-state index contributed by atoms with van der Waals surface area (Å²) in [6, 6.07) is 12.1. The molecule has 0 spiro atoms. The van der Waals surface area contributed by atoms with E-state index in [0.29, 0.717) is 22.6 Å². The van der Waals surface area contributed by atoms with E-state index in [0.717, 1.165) is 0 Å². The van der Waals surface area contributed by atoms with Crippen LogP contribution in [0.5, 0.6) is 5.75 Å². The van der Waals surface area contributed by atoms with Crippen LogP contribution < -0.4 is 10.5 Å². The fraction of sp³-hybridized carbons (Fsp3) is 0.105. The quantitative estimate of drug-likeness (QED) is 0.529. The molecule has 0 aliphatic carbocycles. The molecule has 0 aliphatic heterocycles. The third-order valence-electron chi connectivity index (χ3n) is 3.57. The number of hydrogen-bond acceptors (Lipinski definition) is 6. The number of alkyl halides is 6. The number of ether oxygens (including phenoxy) is 1. The van der Waals surface area contributed by atoms with Crippen LogP contribution in [-0.4, -0.2) is 28.6 Å². The predicted octanol–water partition coefficient (Wildman–Crippen LogP) is 4.99. The van der Waals surface area contributed by atoms with Gasteiger partial charge in [0.1, 0.15) is 29.0 Å². The van der Waals surface area contributed by atoms with Crippen molar-refractivity contribution in [2.24, 2.45) is 0 Å². The van der Waals surface area contributed by atoms with Crippen LogP contribution in [0.1, 0.15) is 5.56 Å². The largest absolute Gasteiger partial charge is 0.573 e. The number of carbonyl (C=O) groups is 1. The lowest BCUT2D eigenvalue weighted by atomic mass is 10.0. The summed E-state index contributed by atoms with van der Waals surface area (Å²) in [5, 5.41) is 16.4. The number of hydrogen-bond donors (Lipinski definition) is 2. The summed E-state index contributed by atoms with van der Waals surface area (Å²) < 4.78 is 77.5.